The van der Waals surface area contributed by atoms with Gasteiger partial charge in [-0.2, -0.15) is 0 Å². The largest absolute Gasteiger partial charge is 0.369 e. The molecule has 0 spiro atoms. The number of benzene rings is 1. The molecule has 0 radical (unpaired) electrons. The van der Waals surface area contributed by atoms with Gasteiger partial charge in [0.15, 0.2) is 5.96 Å². The summed E-state index contributed by atoms with van der Waals surface area (Å²) in [5.74, 6) is 0.0860. The SMILES string of the molecule is CN=C(NCC(C)(C)c1ccc(F)cc1Cl)NC1CCN(CC(N)=O)CC1. The molecule has 0 aromatic heterocycles. The molecular formula is C19H29ClFN5O. The smallest absolute Gasteiger partial charge is 0.231 e. The minimum absolute atomic E-state index is 0.290. The molecule has 2 rings (SSSR count). The number of carbonyl (C=O) groups excluding carboxylic acids is 1. The maximum Gasteiger partial charge on any atom is 0.231 e. The fourth-order valence-electron chi connectivity index (χ4n) is 3.28. The molecule has 1 fully saturated rings. The molecule has 8 heteroatoms. The number of halogens is 2. The molecule has 1 saturated heterocycles. The van der Waals surface area contributed by atoms with E-state index in [1.165, 1.54) is 12.1 Å². The second kappa shape index (κ2) is 9.37. The summed E-state index contributed by atoms with van der Waals surface area (Å²) in [6.45, 7) is 6.66. The van der Waals surface area contributed by atoms with E-state index in [4.69, 9.17) is 17.3 Å². The van der Waals surface area contributed by atoms with Gasteiger partial charge in [0.2, 0.25) is 5.91 Å². The predicted octanol–water partition coefficient (Wildman–Crippen LogP) is 1.87. The monoisotopic (exact) mass is 397 g/mol. The standard InChI is InChI=1S/C19H29ClFN5O/c1-19(2,15-5-4-13(21)10-16(15)20)12-24-18(23-3)25-14-6-8-26(9-7-14)11-17(22)27/h4-5,10,14H,6-9,11-12H2,1-3H3,(H2,22,27)(H2,23,24,25). The fourth-order valence-corrected chi connectivity index (χ4v) is 3.71. The van der Waals surface area contributed by atoms with Gasteiger partial charge >= 0.3 is 0 Å². The highest BCUT2D eigenvalue weighted by Crippen LogP contribution is 2.29. The van der Waals surface area contributed by atoms with Crippen molar-refractivity contribution in [3.63, 3.8) is 0 Å². The number of hydrogen-bond acceptors (Lipinski definition) is 3. The molecule has 0 aliphatic carbocycles. The lowest BCUT2D eigenvalue weighted by atomic mass is 9.84. The molecule has 0 atom stereocenters. The Balaban J connectivity index is 1.87. The summed E-state index contributed by atoms with van der Waals surface area (Å²) in [7, 11) is 1.73. The van der Waals surface area contributed by atoms with Crippen LogP contribution in [0.25, 0.3) is 0 Å². The van der Waals surface area contributed by atoms with E-state index in [1.807, 2.05) is 0 Å². The first-order valence-corrected chi connectivity index (χ1v) is 9.52. The van der Waals surface area contributed by atoms with Crippen LogP contribution in [-0.2, 0) is 10.2 Å². The minimum atomic E-state index is -0.340. The van der Waals surface area contributed by atoms with Crippen LogP contribution in [0.15, 0.2) is 23.2 Å². The Labute approximate surface area is 165 Å². The van der Waals surface area contributed by atoms with Crippen molar-refractivity contribution in [3.05, 3.63) is 34.6 Å². The van der Waals surface area contributed by atoms with Crippen LogP contribution in [-0.4, -0.2) is 56.0 Å². The first-order chi connectivity index (χ1) is 12.7. The number of primary amides is 1. The third-order valence-electron chi connectivity index (χ3n) is 4.89. The molecule has 0 saturated carbocycles. The Morgan fingerprint density at radius 1 is 1.41 bits per heavy atom. The topological polar surface area (TPSA) is 82.8 Å². The van der Waals surface area contributed by atoms with Crippen LogP contribution < -0.4 is 16.4 Å². The summed E-state index contributed by atoms with van der Waals surface area (Å²) in [6.07, 6.45) is 1.84. The van der Waals surface area contributed by atoms with E-state index in [1.54, 1.807) is 13.1 Å². The van der Waals surface area contributed by atoms with E-state index < -0.39 is 0 Å². The lowest BCUT2D eigenvalue weighted by Crippen LogP contribution is -2.51. The third-order valence-corrected chi connectivity index (χ3v) is 5.20. The molecule has 6 nitrogen and oxygen atoms in total. The number of guanidine groups is 1. The van der Waals surface area contributed by atoms with E-state index in [2.05, 4.69) is 34.4 Å². The number of rotatable bonds is 6. The van der Waals surface area contributed by atoms with Crippen molar-refractivity contribution in [2.75, 3.05) is 33.2 Å². The molecule has 1 aromatic rings. The van der Waals surface area contributed by atoms with Gasteiger partial charge in [-0.15, -0.1) is 0 Å². The van der Waals surface area contributed by atoms with Gasteiger partial charge in [-0.1, -0.05) is 31.5 Å². The predicted molar refractivity (Wildman–Crippen MR) is 108 cm³/mol. The van der Waals surface area contributed by atoms with Crippen LogP contribution in [0.2, 0.25) is 5.02 Å². The van der Waals surface area contributed by atoms with Gasteiger partial charge in [-0.05, 0) is 30.5 Å². The summed E-state index contributed by atoms with van der Waals surface area (Å²) >= 11 is 6.22. The number of piperidine rings is 1. The number of nitrogens with one attached hydrogen (secondary N) is 2. The van der Waals surface area contributed by atoms with Crippen LogP contribution in [0.3, 0.4) is 0 Å². The second-order valence-corrected chi connectivity index (χ2v) is 8.00. The lowest BCUT2D eigenvalue weighted by molar-refractivity contribution is -0.119. The molecule has 27 heavy (non-hydrogen) atoms. The van der Waals surface area contributed by atoms with Gasteiger partial charge in [0, 0.05) is 43.2 Å². The van der Waals surface area contributed by atoms with Gasteiger partial charge < -0.3 is 16.4 Å². The van der Waals surface area contributed by atoms with E-state index in [-0.39, 0.29) is 23.2 Å². The zero-order chi connectivity index (χ0) is 20.0. The number of likely N-dealkylation sites (tertiary alicyclic amines) is 1. The average Bonchev–Trinajstić information content (AvgIpc) is 2.59. The molecular weight excluding hydrogens is 369 g/mol. The minimum Gasteiger partial charge on any atom is -0.369 e. The van der Waals surface area contributed by atoms with Crippen LogP contribution in [0.4, 0.5) is 4.39 Å². The Bertz CT molecular complexity index is 687. The lowest BCUT2D eigenvalue weighted by Gasteiger charge is -2.33. The summed E-state index contributed by atoms with van der Waals surface area (Å²) in [5.41, 5.74) is 5.84. The molecule has 4 N–H and O–H groups in total. The Morgan fingerprint density at radius 3 is 2.63 bits per heavy atom. The van der Waals surface area contributed by atoms with E-state index >= 15 is 0 Å². The van der Waals surface area contributed by atoms with Crippen molar-refractivity contribution >= 4 is 23.5 Å². The van der Waals surface area contributed by atoms with Crippen LogP contribution >= 0.6 is 11.6 Å². The second-order valence-electron chi connectivity index (χ2n) is 7.59. The van der Waals surface area contributed by atoms with Crippen LogP contribution in [0.5, 0.6) is 0 Å². The Kier molecular flexibility index (Phi) is 7.44. The van der Waals surface area contributed by atoms with Gasteiger partial charge in [0.25, 0.3) is 0 Å². The molecule has 1 amide bonds. The molecule has 1 aromatic carbocycles. The van der Waals surface area contributed by atoms with Crippen molar-refractivity contribution in [2.24, 2.45) is 10.7 Å². The maximum absolute atomic E-state index is 13.3. The molecule has 150 valence electrons. The van der Waals surface area contributed by atoms with Crippen molar-refractivity contribution in [1.82, 2.24) is 15.5 Å². The van der Waals surface area contributed by atoms with Gasteiger partial charge in [-0.25, -0.2) is 4.39 Å². The average molecular weight is 398 g/mol. The van der Waals surface area contributed by atoms with Gasteiger partial charge in [0.05, 0.1) is 6.54 Å². The molecule has 1 aliphatic rings. The number of aliphatic imine (C=N–C) groups is 1. The Morgan fingerprint density at radius 2 is 2.07 bits per heavy atom. The highest BCUT2D eigenvalue weighted by atomic mass is 35.5. The van der Waals surface area contributed by atoms with Crippen molar-refractivity contribution in [3.8, 4) is 0 Å². The fraction of sp³-hybridized carbons (Fsp3) is 0.579. The normalized spacial score (nSPS) is 17.0. The summed E-state index contributed by atoms with van der Waals surface area (Å²) in [4.78, 5) is 17.4. The summed E-state index contributed by atoms with van der Waals surface area (Å²) < 4.78 is 13.3. The zero-order valence-corrected chi connectivity index (χ0v) is 16.9. The molecule has 0 unspecified atom stereocenters. The maximum atomic E-state index is 13.3. The first-order valence-electron chi connectivity index (χ1n) is 9.14. The molecule has 0 bridgehead atoms. The first kappa shape index (κ1) is 21.4. The van der Waals surface area contributed by atoms with Gasteiger partial charge in [0.1, 0.15) is 5.82 Å². The highest BCUT2D eigenvalue weighted by molar-refractivity contribution is 6.31. The molecule has 1 heterocycles. The highest BCUT2D eigenvalue weighted by Gasteiger charge is 2.25. The van der Waals surface area contributed by atoms with Gasteiger partial charge in [-0.3, -0.25) is 14.7 Å². The van der Waals surface area contributed by atoms with Crippen molar-refractivity contribution in [1.29, 1.82) is 0 Å². The third kappa shape index (κ3) is 6.36. The van der Waals surface area contributed by atoms with E-state index in [0.29, 0.717) is 18.1 Å². The van der Waals surface area contributed by atoms with Crippen molar-refractivity contribution in [2.45, 2.75) is 38.1 Å². The number of amides is 1. The number of nitrogens with two attached hydrogens (primary N) is 1. The van der Waals surface area contributed by atoms with Crippen molar-refractivity contribution < 1.29 is 9.18 Å². The van der Waals surface area contributed by atoms with E-state index in [0.717, 1.165) is 37.5 Å². The number of carbonyl (C=O) groups is 1. The zero-order valence-electron chi connectivity index (χ0n) is 16.2. The Hall–Kier alpha value is -1.86. The van der Waals surface area contributed by atoms with Crippen LogP contribution in [0.1, 0.15) is 32.3 Å². The van der Waals surface area contributed by atoms with Crippen LogP contribution in [0, 0.1) is 5.82 Å². The summed E-state index contributed by atoms with van der Waals surface area (Å²) in [5, 5.41) is 7.19. The molecule has 1 aliphatic heterocycles. The quantitative estimate of drug-likeness (QED) is 0.505. The number of hydrogen-bond donors (Lipinski definition) is 3. The van der Waals surface area contributed by atoms with E-state index in [9.17, 15) is 9.18 Å². The number of nitrogens with zero attached hydrogens (tertiary/aromatic N) is 2. The summed E-state index contributed by atoms with van der Waals surface area (Å²) in [6, 6.07) is 4.78.